The second kappa shape index (κ2) is 5.95. The first-order valence-electron chi connectivity index (χ1n) is 5.98. The third-order valence-corrected chi connectivity index (χ3v) is 2.63. The molecule has 0 saturated carbocycles. The molecule has 8 heteroatoms. The van der Waals surface area contributed by atoms with Gasteiger partial charge < -0.3 is 15.7 Å². The van der Waals surface area contributed by atoms with E-state index < -0.39 is 30.9 Å². The number of aromatic nitrogens is 2. The number of amides is 2. The van der Waals surface area contributed by atoms with Crippen molar-refractivity contribution in [1.29, 1.82) is 0 Å². The zero-order chi connectivity index (χ0) is 15.4. The molecule has 108 valence electrons. The number of hydrogen-bond acceptors (Lipinski definition) is 5. The van der Waals surface area contributed by atoms with E-state index in [1.54, 1.807) is 24.3 Å². The quantitative estimate of drug-likeness (QED) is 0.773. The Morgan fingerprint density at radius 2 is 1.81 bits per heavy atom. The van der Waals surface area contributed by atoms with Crippen LogP contribution >= 0.6 is 0 Å². The lowest BCUT2D eigenvalue weighted by Gasteiger charge is -2.18. The number of rotatable bonds is 5. The molecule has 0 fully saturated rings. The number of carbonyl (C=O) groups excluding carboxylic acids is 2. The Bertz CT molecular complexity index is 700. The van der Waals surface area contributed by atoms with Crippen molar-refractivity contribution < 1.29 is 19.5 Å². The van der Waals surface area contributed by atoms with E-state index in [2.05, 4.69) is 9.97 Å². The zero-order valence-corrected chi connectivity index (χ0v) is 10.9. The summed E-state index contributed by atoms with van der Waals surface area (Å²) >= 11 is 0. The van der Waals surface area contributed by atoms with Crippen LogP contribution in [0.4, 0.5) is 0 Å². The molecule has 0 aliphatic rings. The monoisotopic (exact) mass is 288 g/mol. The second-order valence-corrected chi connectivity index (χ2v) is 4.27. The van der Waals surface area contributed by atoms with Gasteiger partial charge in [0.25, 0.3) is 5.91 Å². The van der Waals surface area contributed by atoms with E-state index in [-0.39, 0.29) is 5.69 Å². The maximum Gasteiger partial charge on any atom is 0.323 e. The summed E-state index contributed by atoms with van der Waals surface area (Å²) in [6.07, 6.45) is 1.24. The predicted molar refractivity (Wildman–Crippen MR) is 72.3 cm³/mol. The molecule has 0 spiro atoms. The zero-order valence-electron chi connectivity index (χ0n) is 10.9. The van der Waals surface area contributed by atoms with E-state index in [1.165, 1.54) is 6.20 Å². The molecule has 0 saturated heterocycles. The number of fused-ring (bicyclic) bond motifs is 1. The lowest BCUT2D eigenvalue weighted by molar-refractivity contribution is -0.138. The number of benzene rings is 1. The van der Waals surface area contributed by atoms with E-state index in [1.807, 2.05) is 0 Å². The normalized spacial score (nSPS) is 10.3. The lowest BCUT2D eigenvalue weighted by Crippen LogP contribution is -2.41. The summed E-state index contributed by atoms with van der Waals surface area (Å²) in [5.74, 6) is -2.77. The molecule has 2 aromatic rings. The summed E-state index contributed by atoms with van der Waals surface area (Å²) in [4.78, 5) is 42.9. The van der Waals surface area contributed by atoms with Crippen LogP contribution in [0.3, 0.4) is 0 Å². The van der Waals surface area contributed by atoms with Crippen molar-refractivity contribution in [2.45, 2.75) is 0 Å². The summed E-state index contributed by atoms with van der Waals surface area (Å²) in [5, 5.41) is 8.78. The van der Waals surface area contributed by atoms with Crippen LogP contribution in [0.5, 0.6) is 0 Å². The van der Waals surface area contributed by atoms with Crippen molar-refractivity contribution in [3.05, 3.63) is 36.2 Å². The molecule has 1 aromatic carbocycles. The minimum atomic E-state index is -1.25. The third kappa shape index (κ3) is 3.50. The number of nitrogens with zero attached hydrogens (tertiary/aromatic N) is 3. The highest BCUT2D eigenvalue weighted by Crippen LogP contribution is 2.10. The maximum atomic E-state index is 12.2. The van der Waals surface area contributed by atoms with Gasteiger partial charge in [0.2, 0.25) is 5.91 Å². The molecule has 0 bridgehead atoms. The molecule has 0 atom stereocenters. The number of carboxylic acids is 1. The van der Waals surface area contributed by atoms with Crippen LogP contribution in [-0.2, 0) is 9.59 Å². The van der Waals surface area contributed by atoms with Gasteiger partial charge in [-0.3, -0.25) is 19.4 Å². The largest absolute Gasteiger partial charge is 0.480 e. The number of carboxylic acid groups (broad SMARTS) is 1. The Morgan fingerprint density at radius 3 is 2.43 bits per heavy atom. The van der Waals surface area contributed by atoms with E-state index in [0.717, 1.165) is 4.90 Å². The molecule has 21 heavy (non-hydrogen) atoms. The highest BCUT2D eigenvalue weighted by molar-refractivity contribution is 5.97. The smallest absolute Gasteiger partial charge is 0.323 e. The van der Waals surface area contributed by atoms with Crippen molar-refractivity contribution >= 4 is 28.8 Å². The third-order valence-electron chi connectivity index (χ3n) is 2.63. The van der Waals surface area contributed by atoms with Crippen LogP contribution in [0.2, 0.25) is 0 Å². The average Bonchev–Trinajstić information content (AvgIpc) is 2.44. The van der Waals surface area contributed by atoms with Gasteiger partial charge in [-0.25, -0.2) is 4.98 Å². The SMILES string of the molecule is NC(=O)CN(CC(=O)O)C(=O)c1cnc2ccccc2n1. The second-order valence-electron chi connectivity index (χ2n) is 4.27. The predicted octanol–water partition coefficient (Wildman–Crippen LogP) is -0.358. The van der Waals surface area contributed by atoms with Crippen molar-refractivity contribution in [2.24, 2.45) is 5.73 Å². The number of carbonyl (C=O) groups is 3. The van der Waals surface area contributed by atoms with Crippen LogP contribution in [0.25, 0.3) is 11.0 Å². The molecular formula is C13H12N4O4. The van der Waals surface area contributed by atoms with Gasteiger partial charge in [0.1, 0.15) is 18.8 Å². The molecule has 0 radical (unpaired) electrons. The van der Waals surface area contributed by atoms with Gasteiger partial charge in [-0.05, 0) is 12.1 Å². The van der Waals surface area contributed by atoms with Gasteiger partial charge in [-0.2, -0.15) is 0 Å². The highest BCUT2D eigenvalue weighted by atomic mass is 16.4. The fourth-order valence-corrected chi connectivity index (χ4v) is 1.77. The molecule has 0 unspecified atom stereocenters. The number of aliphatic carboxylic acids is 1. The molecule has 1 aromatic heterocycles. The van der Waals surface area contributed by atoms with E-state index in [9.17, 15) is 14.4 Å². The topological polar surface area (TPSA) is 126 Å². The summed E-state index contributed by atoms with van der Waals surface area (Å²) < 4.78 is 0. The fraction of sp³-hybridized carbons (Fsp3) is 0.154. The fourth-order valence-electron chi connectivity index (χ4n) is 1.77. The molecule has 0 aliphatic heterocycles. The number of nitrogens with two attached hydrogens (primary N) is 1. The van der Waals surface area contributed by atoms with Crippen LogP contribution in [-0.4, -0.2) is 50.8 Å². The van der Waals surface area contributed by atoms with Crippen LogP contribution < -0.4 is 5.73 Å². The van der Waals surface area contributed by atoms with E-state index in [0.29, 0.717) is 11.0 Å². The molecule has 2 amide bonds. The number of primary amides is 1. The molecule has 3 N–H and O–H groups in total. The van der Waals surface area contributed by atoms with Crippen LogP contribution in [0.15, 0.2) is 30.5 Å². The summed E-state index contributed by atoms with van der Waals surface area (Å²) in [6, 6.07) is 6.93. The van der Waals surface area contributed by atoms with Crippen molar-refractivity contribution in [3.63, 3.8) is 0 Å². The summed E-state index contributed by atoms with van der Waals surface area (Å²) in [5.41, 5.74) is 6.07. The molecular weight excluding hydrogens is 276 g/mol. The first kappa shape index (κ1) is 14.4. The Hall–Kier alpha value is -3.03. The van der Waals surface area contributed by atoms with Crippen molar-refractivity contribution in [2.75, 3.05) is 13.1 Å². The first-order chi connectivity index (χ1) is 9.97. The van der Waals surface area contributed by atoms with Crippen LogP contribution in [0.1, 0.15) is 10.5 Å². The standard InChI is InChI=1S/C13H12N4O4/c14-11(18)6-17(7-12(19)20)13(21)10-5-15-8-3-1-2-4-9(8)16-10/h1-5H,6-7H2,(H2,14,18)(H,19,20). The van der Waals surface area contributed by atoms with Crippen molar-refractivity contribution in [1.82, 2.24) is 14.9 Å². The summed E-state index contributed by atoms with van der Waals surface area (Å²) in [7, 11) is 0. The molecule has 2 rings (SSSR count). The summed E-state index contributed by atoms with van der Waals surface area (Å²) in [6.45, 7) is -1.14. The van der Waals surface area contributed by atoms with Gasteiger partial charge in [0.05, 0.1) is 17.2 Å². The van der Waals surface area contributed by atoms with Gasteiger partial charge >= 0.3 is 5.97 Å². The number of para-hydroxylation sites is 2. The molecule has 8 nitrogen and oxygen atoms in total. The average molecular weight is 288 g/mol. The maximum absolute atomic E-state index is 12.2. The number of hydrogen-bond donors (Lipinski definition) is 2. The van der Waals surface area contributed by atoms with E-state index in [4.69, 9.17) is 10.8 Å². The van der Waals surface area contributed by atoms with Gasteiger partial charge in [0, 0.05) is 0 Å². The lowest BCUT2D eigenvalue weighted by atomic mass is 10.3. The molecule has 0 aliphatic carbocycles. The Balaban J connectivity index is 2.32. The molecule has 1 heterocycles. The van der Waals surface area contributed by atoms with Crippen molar-refractivity contribution in [3.8, 4) is 0 Å². The van der Waals surface area contributed by atoms with Gasteiger partial charge in [-0.1, -0.05) is 12.1 Å². The highest BCUT2D eigenvalue weighted by Gasteiger charge is 2.22. The minimum absolute atomic E-state index is 0.0452. The Morgan fingerprint density at radius 1 is 1.14 bits per heavy atom. The Labute approximate surface area is 119 Å². The van der Waals surface area contributed by atoms with E-state index >= 15 is 0 Å². The first-order valence-corrected chi connectivity index (χ1v) is 5.98. The van der Waals surface area contributed by atoms with Crippen LogP contribution in [0, 0.1) is 0 Å². The minimum Gasteiger partial charge on any atom is -0.480 e. The van der Waals surface area contributed by atoms with Gasteiger partial charge in [0.15, 0.2) is 0 Å². The van der Waals surface area contributed by atoms with Gasteiger partial charge in [-0.15, -0.1) is 0 Å². The Kier molecular flexibility index (Phi) is 4.07.